The molecule has 4 heteroatoms. The summed E-state index contributed by atoms with van der Waals surface area (Å²) < 4.78 is 0. The molecule has 0 bridgehead atoms. The molecule has 18 heavy (non-hydrogen) atoms. The molecule has 1 aromatic rings. The minimum absolute atomic E-state index is 0.0635. The van der Waals surface area contributed by atoms with E-state index in [1.54, 1.807) is 0 Å². The number of hydrogen-bond acceptors (Lipinski definition) is 2. The SMILES string of the molecule is C#CCC(=O)N1Cc2ccccc2C[C@H]1C(=O)O. The molecule has 0 radical (unpaired) electrons. The van der Waals surface area contributed by atoms with Gasteiger partial charge in [0.15, 0.2) is 0 Å². The largest absolute Gasteiger partial charge is 0.480 e. The molecule has 1 heterocycles. The van der Waals surface area contributed by atoms with Gasteiger partial charge in [0.25, 0.3) is 0 Å². The third-order valence-electron chi connectivity index (χ3n) is 3.11. The van der Waals surface area contributed by atoms with E-state index in [0.717, 1.165) is 11.1 Å². The first kappa shape index (κ1) is 12.2. The van der Waals surface area contributed by atoms with E-state index in [2.05, 4.69) is 5.92 Å². The zero-order chi connectivity index (χ0) is 13.1. The van der Waals surface area contributed by atoms with Gasteiger partial charge in [-0.2, -0.15) is 0 Å². The lowest BCUT2D eigenvalue weighted by atomic mass is 9.94. The number of carboxylic acids is 1. The molecule has 2 rings (SSSR count). The van der Waals surface area contributed by atoms with Crippen LogP contribution in [0.1, 0.15) is 17.5 Å². The van der Waals surface area contributed by atoms with Gasteiger partial charge in [0, 0.05) is 13.0 Å². The molecule has 0 spiro atoms. The van der Waals surface area contributed by atoms with Crippen LogP contribution in [0.2, 0.25) is 0 Å². The van der Waals surface area contributed by atoms with Crippen molar-refractivity contribution in [2.45, 2.75) is 25.4 Å². The molecular weight excluding hydrogens is 230 g/mol. The highest BCUT2D eigenvalue weighted by Gasteiger charge is 2.33. The standard InChI is InChI=1S/C14H13NO3/c1-2-5-13(16)15-9-11-7-4-3-6-10(11)8-12(15)14(17)18/h1,3-4,6-7,12H,5,8-9H2,(H,17,18)/t12-/m0/s1. The molecule has 0 aromatic heterocycles. The van der Waals surface area contributed by atoms with Crippen LogP contribution in [-0.4, -0.2) is 27.9 Å². The summed E-state index contributed by atoms with van der Waals surface area (Å²) in [5, 5.41) is 9.21. The number of amides is 1. The fraction of sp³-hybridized carbons (Fsp3) is 0.286. The Balaban J connectivity index is 2.32. The molecule has 0 saturated carbocycles. The average Bonchev–Trinajstić information content (AvgIpc) is 2.37. The first-order valence-corrected chi connectivity index (χ1v) is 5.66. The van der Waals surface area contributed by atoms with E-state index in [4.69, 9.17) is 6.42 Å². The predicted molar refractivity (Wildman–Crippen MR) is 65.6 cm³/mol. The molecule has 0 aliphatic carbocycles. The third kappa shape index (κ3) is 2.21. The molecule has 1 aliphatic heterocycles. The smallest absolute Gasteiger partial charge is 0.326 e. The van der Waals surface area contributed by atoms with Crippen molar-refractivity contribution < 1.29 is 14.7 Å². The molecular formula is C14H13NO3. The normalized spacial score (nSPS) is 17.7. The molecule has 92 valence electrons. The number of nitrogens with zero attached hydrogens (tertiary/aromatic N) is 1. The summed E-state index contributed by atoms with van der Waals surface area (Å²) in [6.45, 7) is 0.313. The lowest BCUT2D eigenvalue weighted by molar-refractivity contribution is -0.151. The van der Waals surface area contributed by atoms with Gasteiger partial charge in [-0.1, -0.05) is 30.2 Å². The number of carbonyl (C=O) groups is 2. The number of fused-ring (bicyclic) bond motifs is 1. The van der Waals surface area contributed by atoms with Crippen molar-refractivity contribution in [3.63, 3.8) is 0 Å². The van der Waals surface area contributed by atoms with Crippen molar-refractivity contribution in [2.24, 2.45) is 0 Å². The van der Waals surface area contributed by atoms with Crippen molar-refractivity contribution >= 4 is 11.9 Å². The topological polar surface area (TPSA) is 57.6 Å². The van der Waals surface area contributed by atoms with E-state index in [-0.39, 0.29) is 12.3 Å². The predicted octanol–water partition coefficient (Wildman–Crippen LogP) is 1.05. The van der Waals surface area contributed by atoms with Crippen molar-refractivity contribution in [3.05, 3.63) is 35.4 Å². The van der Waals surface area contributed by atoms with Gasteiger partial charge in [0.1, 0.15) is 6.04 Å². The van der Waals surface area contributed by atoms with Crippen LogP contribution in [0.25, 0.3) is 0 Å². The van der Waals surface area contributed by atoms with Gasteiger partial charge in [0.2, 0.25) is 5.91 Å². The molecule has 4 nitrogen and oxygen atoms in total. The number of carbonyl (C=O) groups excluding carboxylic acids is 1. The third-order valence-corrected chi connectivity index (χ3v) is 3.11. The van der Waals surface area contributed by atoms with Crippen molar-refractivity contribution in [3.8, 4) is 12.3 Å². The van der Waals surface area contributed by atoms with E-state index in [1.807, 2.05) is 24.3 Å². The summed E-state index contributed by atoms with van der Waals surface area (Å²) in [5.74, 6) is 0.967. The first-order valence-electron chi connectivity index (χ1n) is 5.66. The van der Waals surface area contributed by atoms with Crippen LogP contribution < -0.4 is 0 Å². The van der Waals surface area contributed by atoms with Crippen LogP contribution in [0, 0.1) is 12.3 Å². The van der Waals surface area contributed by atoms with Crippen LogP contribution >= 0.6 is 0 Å². The van der Waals surface area contributed by atoms with Gasteiger partial charge in [-0.05, 0) is 11.1 Å². The number of aliphatic carboxylic acids is 1. The minimum Gasteiger partial charge on any atom is -0.480 e. The van der Waals surface area contributed by atoms with E-state index in [0.29, 0.717) is 13.0 Å². The van der Waals surface area contributed by atoms with E-state index in [1.165, 1.54) is 4.90 Å². The summed E-state index contributed by atoms with van der Waals surface area (Å²) in [4.78, 5) is 24.4. The van der Waals surface area contributed by atoms with Crippen molar-refractivity contribution in [2.75, 3.05) is 0 Å². The Hall–Kier alpha value is -2.28. The Kier molecular flexibility index (Phi) is 3.33. The molecule has 0 fully saturated rings. The van der Waals surface area contributed by atoms with Gasteiger partial charge in [0.05, 0.1) is 6.42 Å². The molecule has 1 atom stereocenters. The van der Waals surface area contributed by atoms with Gasteiger partial charge in [-0.25, -0.2) is 4.79 Å². The van der Waals surface area contributed by atoms with E-state index in [9.17, 15) is 14.7 Å². The number of hydrogen-bond donors (Lipinski definition) is 1. The fourth-order valence-corrected chi connectivity index (χ4v) is 2.19. The maximum absolute atomic E-state index is 11.8. The van der Waals surface area contributed by atoms with Gasteiger partial charge >= 0.3 is 5.97 Å². The summed E-state index contributed by atoms with van der Waals surface area (Å²) >= 11 is 0. The highest BCUT2D eigenvalue weighted by Crippen LogP contribution is 2.23. The maximum Gasteiger partial charge on any atom is 0.326 e. The zero-order valence-electron chi connectivity index (χ0n) is 9.80. The lowest BCUT2D eigenvalue weighted by Gasteiger charge is -2.34. The summed E-state index contributed by atoms with van der Waals surface area (Å²) in [5.41, 5.74) is 1.97. The van der Waals surface area contributed by atoms with Crippen LogP contribution in [-0.2, 0) is 22.6 Å². The summed E-state index contributed by atoms with van der Waals surface area (Å²) in [6.07, 6.45) is 5.38. The molecule has 1 aliphatic rings. The van der Waals surface area contributed by atoms with Crippen LogP contribution in [0.4, 0.5) is 0 Å². The quantitative estimate of drug-likeness (QED) is 0.790. The molecule has 1 N–H and O–H groups in total. The second-order valence-corrected chi connectivity index (χ2v) is 4.23. The first-order chi connectivity index (χ1) is 8.63. The van der Waals surface area contributed by atoms with Gasteiger partial charge < -0.3 is 10.0 Å². The van der Waals surface area contributed by atoms with Crippen molar-refractivity contribution in [1.82, 2.24) is 4.90 Å². The van der Waals surface area contributed by atoms with Crippen LogP contribution in [0.3, 0.4) is 0 Å². The summed E-state index contributed by atoms with van der Waals surface area (Å²) in [6, 6.07) is 6.74. The Morgan fingerprint density at radius 3 is 2.67 bits per heavy atom. The maximum atomic E-state index is 11.8. The molecule has 0 saturated heterocycles. The van der Waals surface area contributed by atoms with Crippen molar-refractivity contribution in [1.29, 1.82) is 0 Å². The monoisotopic (exact) mass is 243 g/mol. The average molecular weight is 243 g/mol. The number of rotatable bonds is 2. The highest BCUT2D eigenvalue weighted by atomic mass is 16.4. The Bertz CT molecular complexity index is 530. The fourth-order valence-electron chi connectivity index (χ4n) is 2.19. The molecule has 1 aromatic carbocycles. The second-order valence-electron chi connectivity index (χ2n) is 4.23. The summed E-state index contributed by atoms with van der Waals surface area (Å²) in [7, 11) is 0. The zero-order valence-corrected chi connectivity index (χ0v) is 9.80. The molecule has 1 amide bonds. The minimum atomic E-state index is -0.991. The number of terminal acetylenes is 1. The van der Waals surface area contributed by atoms with E-state index >= 15 is 0 Å². The second kappa shape index (κ2) is 4.92. The van der Waals surface area contributed by atoms with Gasteiger partial charge in [-0.3, -0.25) is 4.79 Å². The molecule has 0 unspecified atom stereocenters. The van der Waals surface area contributed by atoms with E-state index < -0.39 is 12.0 Å². The van der Waals surface area contributed by atoms with Crippen LogP contribution in [0.15, 0.2) is 24.3 Å². The number of carboxylic acid groups (broad SMARTS) is 1. The van der Waals surface area contributed by atoms with Gasteiger partial charge in [-0.15, -0.1) is 6.42 Å². The Labute approximate surface area is 105 Å². The number of benzene rings is 1. The van der Waals surface area contributed by atoms with Crippen LogP contribution in [0.5, 0.6) is 0 Å². The Morgan fingerprint density at radius 2 is 2.06 bits per heavy atom. The highest BCUT2D eigenvalue weighted by molar-refractivity contribution is 5.85. The lowest BCUT2D eigenvalue weighted by Crippen LogP contribution is -2.48. The Morgan fingerprint density at radius 1 is 1.39 bits per heavy atom.